The monoisotopic (exact) mass is 300 g/mol. The van der Waals surface area contributed by atoms with Crippen molar-refractivity contribution in [1.82, 2.24) is 0 Å². The first-order valence-electron chi connectivity index (χ1n) is 8.96. The van der Waals surface area contributed by atoms with E-state index in [0.717, 1.165) is 24.7 Å². The molecule has 0 aliphatic heterocycles. The van der Waals surface area contributed by atoms with Gasteiger partial charge in [0.2, 0.25) is 0 Å². The maximum Gasteiger partial charge on any atom is 0.341 e. The van der Waals surface area contributed by atoms with Gasteiger partial charge < -0.3 is 8.85 Å². The van der Waals surface area contributed by atoms with E-state index in [0.29, 0.717) is 0 Å². The van der Waals surface area contributed by atoms with Gasteiger partial charge in [0, 0.05) is 18.8 Å². The van der Waals surface area contributed by atoms with Crippen LogP contribution in [0.5, 0.6) is 0 Å². The molecular formula is C17H36O2Si. The number of unbranched alkanes of at least 4 members (excludes halogenated alkanes) is 1. The van der Waals surface area contributed by atoms with Gasteiger partial charge in [0.25, 0.3) is 0 Å². The number of hydrogen-bond acceptors (Lipinski definition) is 2. The maximum atomic E-state index is 6.38. The molecule has 0 bridgehead atoms. The number of hydrogen-bond donors (Lipinski definition) is 0. The fourth-order valence-corrected chi connectivity index (χ4v) is 8.30. The molecule has 3 heteroatoms. The Hall–Kier alpha value is 0.137. The van der Waals surface area contributed by atoms with Crippen molar-refractivity contribution in [3.8, 4) is 0 Å². The summed E-state index contributed by atoms with van der Waals surface area (Å²) in [5, 5.41) is 0. The van der Waals surface area contributed by atoms with Crippen molar-refractivity contribution < 1.29 is 8.85 Å². The zero-order chi connectivity index (χ0) is 14.8. The summed E-state index contributed by atoms with van der Waals surface area (Å²) in [6.07, 6.45) is 10.8. The van der Waals surface area contributed by atoms with E-state index in [9.17, 15) is 0 Å². The van der Waals surface area contributed by atoms with Gasteiger partial charge in [0.05, 0.1) is 0 Å². The van der Waals surface area contributed by atoms with Gasteiger partial charge in [-0.3, -0.25) is 0 Å². The first-order chi connectivity index (χ1) is 9.68. The van der Waals surface area contributed by atoms with E-state index >= 15 is 0 Å². The van der Waals surface area contributed by atoms with E-state index in [4.69, 9.17) is 8.85 Å². The van der Waals surface area contributed by atoms with Crippen molar-refractivity contribution in [2.45, 2.75) is 90.6 Å². The molecule has 1 rings (SSSR count). The zero-order valence-electron chi connectivity index (χ0n) is 14.2. The smallest absolute Gasteiger partial charge is 0.341 e. The summed E-state index contributed by atoms with van der Waals surface area (Å²) in [5.74, 6) is 0.752. The second kappa shape index (κ2) is 9.96. The van der Waals surface area contributed by atoms with Crippen LogP contribution in [-0.2, 0) is 8.85 Å². The minimum Gasteiger partial charge on any atom is -0.394 e. The highest BCUT2D eigenvalue weighted by Crippen LogP contribution is 2.42. The SMILES string of the molecule is CCCCC(C)C[Si](OCC)(OCC)C1CCCCC1. The zero-order valence-corrected chi connectivity index (χ0v) is 15.2. The van der Waals surface area contributed by atoms with Gasteiger partial charge in [-0.05, 0) is 38.7 Å². The standard InChI is InChI=1S/C17H36O2Si/c1-5-8-12-16(4)15-20(18-6-2,19-7-3)17-13-10-9-11-14-17/h16-17H,5-15H2,1-4H3. The Morgan fingerprint density at radius 1 is 1.00 bits per heavy atom. The van der Waals surface area contributed by atoms with Crippen LogP contribution in [0.2, 0.25) is 11.6 Å². The minimum atomic E-state index is -2.01. The highest BCUT2D eigenvalue weighted by atomic mass is 28.4. The van der Waals surface area contributed by atoms with E-state index in [2.05, 4.69) is 27.7 Å². The van der Waals surface area contributed by atoms with Gasteiger partial charge in [-0.1, -0.05) is 52.4 Å². The van der Waals surface area contributed by atoms with Crippen LogP contribution in [0.1, 0.15) is 79.1 Å². The van der Waals surface area contributed by atoms with Crippen molar-refractivity contribution in [3.05, 3.63) is 0 Å². The molecular weight excluding hydrogens is 264 g/mol. The Balaban J connectivity index is 2.73. The molecule has 0 N–H and O–H groups in total. The van der Waals surface area contributed by atoms with Crippen molar-refractivity contribution >= 4 is 8.56 Å². The second-order valence-corrected chi connectivity index (χ2v) is 9.89. The van der Waals surface area contributed by atoms with Gasteiger partial charge in [-0.2, -0.15) is 0 Å². The van der Waals surface area contributed by atoms with Crippen LogP contribution >= 0.6 is 0 Å². The van der Waals surface area contributed by atoms with E-state index in [1.165, 1.54) is 57.4 Å². The van der Waals surface area contributed by atoms with Crippen LogP contribution in [0.4, 0.5) is 0 Å². The molecule has 0 radical (unpaired) electrons. The third-order valence-corrected chi connectivity index (χ3v) is 9.33. The average Bonchev–Trinajstić information content (AvgIpc) is 2.46. The molecule has 0 amide bonds. The molecule has 1 saturated carbocycles. The lowest BCUT2D eigenvalue weighted by atomic mass is 10.0. The van der Waals surface area contributed by atoms with Gasteiger partial charge >= 0.3 is 8.56 Å². The van der Waals surface area contributed by atoms with E-state index in [-0.39, 0.29) is 0 Å². The normalized spacial score (nSPS) is 19.2. The highest BCUT2D eigenvalue weighted by molar-refractivity contribution is 6.69. The third-order valence-electron chi connectivity index (χ3n) is 4.69. The van der Waals surface area contributed by atoms with Crippen LogP contribution in [0.25, 0.3) is 0 Å². The lowest BCUT2D eigenvalue weighted by Crippen LogP contribution is -2.49. The minimum absolute atomic E-state index is 0.736. The molecule has 120 valence electrons. The van der Waals surface area contributed by atoms with Crippen LogP contribution in [0, 0.1) is 5.92 Å². The van der Waals surface area contributed by atoms with E-state index in [1.807, 2.05) is 0 Å². The molecule has 0 aromatic carbocycles. The number of rotatable bonds is 10. The topological polar surface area (TPSA) is 18.5 Å². The van der Waals surface area contributed by atoms with Crippen LogP contribution in [-0.4, -0.2) is 21.8 Å². The van der Waals surface area contributed by atoms with Gasteiger partial charge in [-0.25, -0.2) is 0 Å². The van der Waals surface area contributed by atoms with Crippen molar-refractivity contribution in [2.75, 3.05) is 13.2 Å². The molecule has 0 heterocycles. The lowest BCUT2D eigenvalue weighted by molar-refractivity contribution is 0.159. The molecule has 20 heavy (non-hydrogen) atoms. The Morgan fingerprint density at radius 3 is 2.10 bits per heavy atom. The van der Waals surface area contributed by atoms with Gasteiger partial charge in [-0.15, -0.1) is 0 Å². The van der Waals surface area contributed by atoms with E-state index in [1.54, 1.807) is 0 Å². The quantitative estimate of drug-likeness (QED) is 0.484. The van der Waals surface area contributed by atoms with Crippen LogP contribution in [0.15, 0.2) is 0 Å². The fourth-order valence-electron chi connectivity index (χ4n) is 3.73. The van der Waals surface area contributed by atoms with Crippen molar-refractivity contribution in [3.63, 3.8) is 0 Å². The van der Waals surface area contributed by atoms with Gasteiger partial charge in [0.1, 0.15) is 0 Å². The summed E-state index contributed by atoms with van der Waals surface area (Å²) in [5.41, 5.74) is 0.736. The van der Waals surface area contributed by atoms with Crippen molar-refractivity contribution in [1.29, 1.82) is 0 Å². The molecule has 1 aliphatic rings. The predicted molar refractivity (Wildman–Crippen MR) is 89.3 cm³/mol. The third kappa shape index (κ3) is 5.49. The van der Waals surface area contributed by atoms with Crippen LogP contribution in [0.3, 0.4) is 0 Å². The Bertz CT molecular complexity index is 233. The van der Waals surface area contributed by atoms with Crippen LogP contribution < -0.4 is 0 Å². The predicted octanol–water partition coefficient (Wildman–Crippen LogP) is 5.66. The molecule has 1 aliphatic carbocycles. The average molecular weight is 301 g/mol. The molecule has 0 aromatic heterocycles. The van der Waals surface area contributed by atoms with Crippen molar-refractivity contribution in [2.24, 2.45) is 5.92 Å². The lowest BCUT2D eigenvalue weighted by Gasteiger charge is -2.40. The molecule has 0 spiro atoms. The first kappa shape index (κ1) is 18.2. The maximum absolute atomic E-state index is 6.38. The Morgan fingerprint density at radius 2 is 1.60 bits per heavy atom. The Kier molecular flexibility index (Phi) is 9.06. The largest absolute Gasteiger partial charge is 0.394 e. The summed E-state index contributed by atoms with van der Waals surface area (Å²) in [6.45, 7) is 10.6. The first-order valence-corrected chi connectivity index (χ1v) is 11.1. The Labute approximate surface area is 127 Å². The van der Waals surface area contributed by atoms with E-state index < -0.39 is 8.56 Å². The summed E-state index contributed by atoms with van der Waals surface area (Å²) >= 11 is 0. The summed E-state index contributed by atoms with van der Waals surface area (Å²) < 4.78 is 12.8. The summed E-state index contributed by atoms with van der Waals surface area (Å²) in [4.78, 5) is 0. The molecule has 1 atom stereocenters. The second-order valence-electron chi connectivity index (χ2n) is 6.46. The summed E-state index contributed by atoms with van der Waals surface area (Å²) in [6, 6.07) is 1.21. The summed E-state index contributed by atoms with van der Waals surface area (Å²) in [7, 11) is -2.01. The molecule has 0 aromatic rings. The highest BCUT2D eigenvalue weighted by Gasteiger charge is 2.46. The molecule has 2 nitrogen and oxygen atoms in total. The molecule has 1 unspecified atom stereocenters. The molecule has 1 fully saturated rings. The van der Waals surface area contributed by atoms with Gasteiger partial charge in [0.15, 0.2) is 0 Å². The molecule has 0 saturated heterocycles. The fraction of sp³-hybridized carbons (Fsp3) is 1.00.